The van der Waals surface area contributed by atoms with Crippen LogP contribution in [-0.2, 0) is 9.59 Å². The Kier molecular flexibility index (Phi) is 6.55. The Labute approximate surface area is 177 Å². The number of methoxy groups -OCH3 is 1. The minimum atomic E-state index is -0.674. The zero-order valence-corrected chi connectivity index (χ0v) is 17.9. The number of pyridine rings is 1. The molecule has 2 heterocycles. The van der Waals surface area contributed by atoms with Crippen LogP contribution in [0.3, 0.4) is 0 Å². The highest BCUT2D eigenvalue weighted by molar-refractivity contribution is 6.46. The maximum atomic E-state index is 13.1. The Morgan fingerprint density at radius 3 is 2.50 bits per heavy atom. The molecular formula is C24H28N2O4. The number of aryl methyl sites for hydroxylation is 2. The predicted octanol–water partition coefficient (Wildman–Crippen LogP) is 4.32. The first kappa shape index (κ1) is 21.6. The van der Waals surface area contributed by atoms with Gasteiger partial charge in [0, 0.05) is 18.9 Å². The van der Waals surface area contributed by atoms with Gasteiger partial charge < -0.3 is 14.7 Å². The number of rotatable bonds is 7. The largest absolute Gasteiger partial charge is 0.507 e. The highest BCUT2D eigenvalue weighted by atomic mass is 16.5. The van der Waals surface area contributed by atoms with Crippen LogP contribution in [0.2, 0.25) is 0 Å². The maximum absolute atomic E-state index is 13.1. The molecule has 1 N–H and O–H groups in total. The number of aliphatic hydroxyl groups excluding tert-OH is 1. The van der Waals surface area contributed by atoms with E-state index in [0.29, 0.717) is 17.9 Å². The number of hydrogen-bond donors (Lipinski definition) is 1. The summed E-state index contributed by atoms with van der Waals surface area (Å²) in [4.78, 5) is 31.6. The van der Waals surface area contributed by atoms with Crippen LogP contribution in [0.25, 0.3) is 5.76 Å². The summed E-state index contributed by atoms with van der Waals surface area (Å²) in [5, 5.41) is 11.3. The van der Waals surface area contributed by atoms with Crippen LogP contribution in [0.15, 0.2) is 42.2 Å². The molecule has 1 aliphatic heterocycles. The highest BCUT2D eigenvalue weighted by Crippen LogP contribution is 2.41. The van der Waals surface area contributed by atoms with Crippen LogP contribution >= 0.6 is 0 Å². The molecule has 1 amide bonds. The van der Waals surface area contributed by atoms with Crippen molar-refractivity contribution in [2.75, 3.05) is 13.7 Å². The van der Waals surface area contributed by atoms with Crippen LogP contribution in [-0.4, -0.2) is 40.3 Å². The number of carbonyl (C=O) groups excluding carboxylic acids is 2. The van der Waals surface area contributed by atoms with Gasteiger partial charge in [-0.3, -0.25) is 14.6 Å². The number of ether oxygens (including phenoxy) is 1. The number of aliphatic hydroxyl groups is 1. The molecule has 158 valence electrons. The van der Waals surface area contributed by atoms with Gasteiger partial charge in [0.25, 0.3) is 11.7 Å². The summed E-state index contributed by atoms with van der Waals surface area (Å²) in [5.74, 6) is -0.981. The van der Waals surface area contributed by atoms with Crippen molar-refractivity contribution >= 4 is 17.4 Å². The maximum Gasteiger partial charge on any atom is 0.295 e. The van der Waals surface area contributed by atoms with Crippen LogP contribution < -0.4 is 4.74 Å². The van der Waals surface area contributed by atoms with E-state index in [1.165, 1.54) is 7.11 Å². The fourth-order valence-corrected chi connectivity index (χ4v) is 4.08. The lowest BCUT2D eigenvalue weighted by Gasteiger charge is -2.25. The zero-order valence-electron chi connectivity index (χ0n) is 17.9. The summed E-state index contributed by atoms with van der Waals surface area (Å²) < 4.78 is 5.51. The number of ketones is 1. The van der Waals surface area contributed by atoms with Crippen LogP contribution in [0, 0.1) is 13.8 Å². The van der Waals surface area contributed by atoms with Gasteiger partial charge in [-0.1, -0.05) is 25.8 Å². The third-order valence-corrected chi connectivity index (χ3v) is 5.44. The normalized spacial score (nSPS) is 18.1. The van der Waals surface area contributed by atoms with E-state index in [1.54, 1.807) is 35.5 Å². The topological polar surface area (TPSA) is 79.7 Å². The fraction of sp³-hybridized carbons (Fsp3) is 0.375. The van der Waals surface area contributed by atoms with Crippen molar-refractivity contribution in [1.29, 1.82) is 0 Å². The molecular weight excluding hydrogens is 380 g/mol. The highest BCUT2D eigenvalue weighted by Gasteiger charge is 2.46. The number of likely N-dealkylation sites (tertiary alicyclic amines) is 1. The lowest BCUT2D eigenvalue weighted by Crippen LogP contribution is -2.30. The second-order valence-corrected chi connectivity index (χ2v) is 7.64. The van der Waals surface area contributed by atoms with Gasteiger partial charge in [0.2, 0.25) is 0 Å². The SMILES string of the molecule is CCCCCN1C(=O)C(=O)/C(=C(/O)c2cc(C)cc(C)c2OC)C1c1ccncc1. The average Bonchev–Trinajstić information content (AvgIpc) is 2.98. The molecule has 1 fully saturated rings. The molecule has 0 aliphatic carbocycles. The molecule has 3 rings (SSSR count). The molecule has 6 nitrogen and oxygen atoms in total. The Morgan fingerprint density at radius 2 is 1.87 bits per heavy atom. The van der Waals surface area contributed by atoms with Crippen LogP contribution in [0.5, 0.6) is 5.75 Å². The molecule has 0 spiro atoms. The number of hydrogen-bond acceptors (Lipinski definition) is 5. The van der Waals surface area contributed by atoms with E-state index >= 15 is 0 Å². The Balaban J connectivity index is 2.20. The number of carbonyl (C=O) groups is 2. The van der Waals surface area contributed by atoms with Gasteiger partial charge in [-0.25, -0.2) is 0 Å². The second-order valence-electron chi connectivity index (χ2n) is 7.64. The van der Waals surface area contributed by atoms with Crippen LogP contribution in [0.4, 0.5) is 0 Å². The Hall–Kier alpha value is -3.15. The summed E-state index contributed by atoms with van der Waals surface area (Å²) in [6.07, 6.45) is 6.00. The van der Waals surface area contributed by atoms with Crippen molar-refractivity contribution in [3.63, 3.8) is 0 Å². The predicted molar refractivity (Wildman–Crippen MR) is 115 cm³/mol. The van der Waals surface area contributed by atoms with Crippen molar-refractivity contribution in [2.45, 2.75) is 46.1 Å². The summed E-state index contributed by atoms with van der Waals surface area (Å²) in [6.45, 7) is 6.33. The standard InChI is InChI=1S/C24H28N2O4/c1-5-6-7-12-26-20(17-8-10-25-11-9-17)19(22(28)24(26)29)21(27)18-14-15(2)13-16(3)23(18)30-4/h8-11,13-14,20,27H,5-7,12H2,1-4H3/b21-19+. The van der Waals surface area contributed by atoms with Crippen molar-refractivity contribution < 1.29 is 19.4 Å². The number of aromatic nitrogens is 1. The first-order valence-electron chi connectivity index (χ1n) is 10.2. The molecule has 30 heavy (non-hydrogen) atoms. The van der Waals surface area contributed by atoms with E-state index in [0.717, 1.165) is 36.0 Å². The van der Waals surface area contributed by atoms with Gasteiger partial charge in [0.15, 0.2) is 0 Å². The van der Waals surface area contributed by atoms with E-state index in [9.17, 15) is 14.7 Å². The third-order valence-electron chi connectivity index (χ3n) is 5.44. The van der Waals surface area contributed by atoms with E-state index in [-0.39, 0.29) is 11.3 Å². The second kappa shape index (κ2) is 9.11. The van der Waals surface area contributed by atoms with E-state index in [2.05, 4.69) is 11.9 Å². The number of Topliss-reactive ketones (excluding diaryl/α,β-unsaturated/α-hetero) is 1. The summed E-state index contributed by atoms with van der Waals surface area (Å²) >= 11 is 0. The van der Waals surface area contributed by atoms with Gasteiger partial charge >= 0.3 is 0 Å². The lowest BCUT2D eigenvalue weighted by atomic mass is 9.94. The molecule has 1 atom stereocenters. The van der Waals surface area contributed by atoms with Gasteiger partial charge in [0.1, 0.15) is 11.5 Å². The first-order chi connectivity index (χ1) is 14.4. The lowest BCUT2D eigenvalue weighted by molar-refractivity contribution is -0.139. The fourth-order valence-electron chi connectivity index (χ4n) is 4.08. The molecule has 6 heteroatoms. The molecule has 1 aliphatic rings. The number of amides is 1. The monoisotopic (exact) mass is 408 g/mol. The minimum Gasteiger partial charge on any atom is -0.507 e. The van der Waals surface area contributed by atoms with Crippen molar-refractivity contribution in [2.24, 2.45) is 0 Å². The Bertz CT molecular complexity index is 982. The number of unbranched alkanes of at least 4 members (excludes halogenated alkanes) is 2. The van der Waals surface area contributed by atoms with Crippen LogP contribution in [0.1, 0.15) is 54.5 Å². The molecule has 1 aromatic carbocycles. The van der Waals surface area contributed by atoms with Gasteiger partial charge in [0.05, 0.1) is 24.3 Å². The summed E-state index contributed by atoms with van der Waals surface area (Å²) in [5.41, 5.74) is 3.02. The molecule has 1 aromatic heterocycles. The van der Waals surface area contributed by atoms with E-state index in [4.69, 9.17) is 4.74 Å². The zero-order chi connectivity index (χ0) is 21.8. The van der Waals surface area contributed by atoms with Gasteiger partial charge in [-0.2, -0.15) is 0 Å². The van der Waals surface area contributed by atoms with Crippen molar-refractivity contribution in [3.05, 3.63) is 64.5 Å². The number of benzene rings is 1. The molecule has 1 saturated heterocycles. The van der Waals surface area contributed by atoms with Gasteiger partial charge in [-0.05, 0) is 55.2 Å². The van der Waals surface area contributed by atoms with E-state index in [1.807, 2.05) is 19.9 Å². The third kappa shape index (κ3) is 3.95. The molecule has 0 radical (unpaired) electrons. The van der Waals surface area contributed by atoms with Crippen molar-refractivity contribution in [3.8, 4) is 5.75 Å². The van der Waals surface area contributed by atoms with E-state index < -0.39 is 17.7 Å². The smallest absolute Gasteiger partial charge is 0.295 e. The first-order valence-corrected chi connectivity index (χ1v) is 10.2. The Morgan fingerprint density at radius 1 is 1.17 bits per heavy atom. The molecule has 0 bridgehead atoms. The van der Waals surface area contributed by atoms with Crippen molar-refractivity contribution in [1.82, 2.24) is 9.88 Å². The van der Waals surface area contributed by atoms with Gasteiger partial charge in [-0.15, -0.1) is 0 Å². The molecule has 0 saturated carbocycles. The summed E-state index contributed by atoms with van der Waals surface area (Å²) in [7, 11) is 1.53. The molecule has 1 unspecified atom stereocenters. The summed E-state index contributed by atoms with van der Waals surface area (Å²) in [6, 6.07) is 6.61. The minimum absolute atomic E-state index is 0.0889. The number of nitrogens with zero attached hydrogens (tertiary/aromatic N) is 2. The quantitative estimate of drug-likeness (QED) is 0.319. The average molecular weight is 408 g/mol. The molecule has 2 aromatic rings.